The number of nitrogens with one attached hydrogen (secondary N) is 2. The third-order valence-electron chi connectivity index (χ3n) is 6.54. The van der Waals surface area contributed by atoms with Crippen molar-refractivity contribution in [2.75, 3.05) is 10.6 Å². The van der Waals surface area contributed by atoms with Crippen molar-refractivity contribution in [3.05, 3.63) is 101 Å². The molecule has 1 aliphatic heterocycles. The maximum Gasteiger partial charge on any atom is 0.163 e. The molecule has 0 radical (unpaired) electrons. The van der Waals surface area contributed by atoms with E-state index in [1.165, 1.54) is 11.1 Å². The normalized spacial score (nSPS) is 20.5. The largest absolute Gasteiger partial charge is 0.371 e. The Labute approximate surface area is 189 Å². The van der Waals surface area contributed by atoms with Gasteiger partial charge in [0, 0.05) is 23.9 Å². The molecule has 4 heteroatoms. The lowest BCUT2D eigenvalue weighted by atomic mass is 9.78. The van der Waals surface area contributed by atoms with Gasteiger partial charge in [-0.1, -0.05) is 63.2 Å². The summed E-state index contributed by atoms with van der Waals surface area (Å²) in [5.74, 6) is 0.344. The number of allylic oxidation sites excluding steroid dienone is 1. The lowest BCUT2D eigenvalue weighted by Gasteiger charge is -2.30. The van der Waals surface area contributed by atoms with Gasteiger partial charge >= 0.3 is 0 Å². The highest BCUT2D eigenvalue weighted by atomic mass is 16.1. The quantitative estimate of drug-likeness (QED) is 0.504. The molecule has 1 aromatic heterocycles. The van der Waals surface area contributed by atoms with E-state index < -0.39 is 0 Å². The summed E-state index contributed by atoms with van der Waals surface area (Å²) in [4.78, 5) is 18.1. The monoisotopic (exact) mass is 423 g/mol. The number of nitrogens with zero attached hydrogens (tertiary/aromatic N) is 1. The van der Waals surface area contributed by atoms with Gasteiger partial charge in [-0.3, -0.25) is 9.78 Å². The van der Waals surface area contributed by atoms with E-state index in [1.54, 1.807) is 6.20 Å². The molecule has 2 N–H and O–H groups in total. The molecule has 1 aliphatic carbocycles. The Morgan fingerprint density at radius 2 is 1.59 bits per heavy atom. The molecular weight excluding hydrogens is 394 g/mol. The molecule has 4 nitrogen and oxygen atoms in total. The van der Waals surface area contributed by atoms with Crippen LogP contribution in [0.5, 0.6) is 0 Å². The van der Waals surface area contributed by atoms with E-state index in [0.29, 0.717) is 6.42 Å². The van der Waals surface area contributed by atoms with Crippen molar-refractivity contribution in [3.63, 3.8) is 0 Å². The van der Waals surface area contributed by atoms with Gasteiger partial charge in [0.2, 0.25) is 0 Å². The lowest BCUT2D eigenvalue weighted by molar-refractivity contribution is -0.116. The summed E-state index contributed by atoms with van der Waals surface area (Å²) in [7, 11) is 0. The predicted molar refractivity (Wildman–Crippen MR) is 130 cm³/mol. The van der Waals surface area contributed by atoms with Crippen LogP contribution in [-0.2, 0) is 10.2 Å². The van der Waals surface area contributed by atoms with Gasteiger partial charge < -0.3 is 10.6 Å². The molecule has 2 atom stereocenters. The first-order valence-corrected chi connectivity index (χ1v) is 11.3. The molecule has 2 heterocycles. The number of carbonyl (C=O) groups is 1. The molecule has 3 aromatic rings. The van der Waals surface area contributed by atoms with Gasteiger partial charge in [0.15, 0.2) is 5.78 Å². The molecule has 0 spiro atoms. The van der Waals surface area contributed by atoms with Crippen molar-refractivity contribution >= 4 is 17.2 Å². The Morgan fingerprint density at radius 3 is 2.28 bits per heavy atom. The minimum absolute atomic E-state index is 0.116. The van der Waals surface area contributed by atoms with Gasteiger partial charge in [0.25, 0.3) is 0 Å². The first-order valence-electron chi connectivity index (χ1n) is 11.3. The molecule has 0 fully saturated rings. The predicted octanol–water partition coefficient (Wildman–Crippen LogP) is 6.36. The summed E-state index contributed by atoms with van der Waals surface area (Å²) in [6, 6.07) is 22.5. The van der Waals surface area contributed by atoms with Crippen LogP contribution in [0.25, 0.3) is 0 Å². The number of para-hydroxylation sites is 2. The van der Waals surface area contributed by atoms with Crippen molar-refractivity contribution < 1.29 is 4.79 Å². The third-order valence-corrected chi connectivity index (χ3v) is 6.54. The Kier molecular flexibility index (Phi) is 5.09. The standard InChI is InChI=1S/C28H29N3O/c1-28(2,3)20-13-11-18(12-14-20)19-16-24-26(25(32)17-19)27(23-10-6-7-15-29-23)31-22-9-5-4-8-21(22)30-24/h4-15,19,27,30-31H,16-17H2,1-3H3. The Balaban J connectivity index is 1.54. The van der Waals surface area contributed by atoms with Crippen LogP contribution >= 0.6 is 0 Å². The molecule has 0 saturated heterocycles. The number of hydrogen-bond acceptors (Lipinski definition) is 4. The summed E-state index contributed by atoms with van der Waals surface area (Å²) < 4.78 is 0. The maximum absolute atomic E-state index is 13.6. The number of Topliss-reactive ketones (excluding diaryl/α,β-unsaturated/α-hetero) is 1. The number of benzene rings is 2. The first kappa shape index (κ1) is 20.5. The van der Waals surface area contributed by atoms with Gasteiger partial charge in [-0.25, -0.2) is 0 Å². The van der Waals surface area contributed by atoms with Crippen LogP contribution in [0.1, 0.15) is 62.4 Å². The van der Waals surface area contributed by atoms with Gasteiger partial charge in [-0.2, -0.15) is 0 Å². The van der Waals surface area contributed by atoms with Crippen molar-refractivity contribution in [1.82, 2.24) is 4.98 Å². The second-order valence-corrected chi connectivity index (χ2v) is 9.80. The molecule has 2 aliphatic rings. The zero-order valence-electron chi connectivity index (χ0n) is 18.9. The fourth-order valence-corrected chi connectivity index (χ4v) is 4.75. The van der Waals surface area contributed by atoms with Crippen LogP contribution in [0.2, 0.25) is 0 Å². The maximum atomic E-state index is 13.6. The van der Waals surface area contributed by atoms with Crippen molar-refractivity contribution in [1.29, 1.82) is 0 Å². The smallest absolute Gasteiger partial charge is 0.163 e. The van der Waals surface area contributed by atoms with Gasteiger partial charge in [-0.05, 0) is 53.1 Å². The molecule has 0 saturated carbocycles. The highest BCUT2D eigenvalue weighted by Crippen LogP contribution is 2.44. The fourth-order valence-electron chi connectivity index (χ4n) is 4.75. The number of carbonyl (C=O) groups excluding carboxylic acids is 1. The molecule has 0 amide bonds. The van der Waals surface area contributed by atoms with Crippen molar-refractivity contribution in [2.24, 2.45) is 0 Å². The van der Waals surface area contributed by atoms with Crippen LogP contribution < -0.4 is 10.6 Å². The molecule has 0 bridgehead atoms. The fraction of sp³-hybridized carbons (Fsp3) is 0.286. The number of hydrogen-bond donors (Lipinski definition) is 2. The molecular formula is C28H29N3O. The summed E-state index contributed by atoms with van der Waals surface area (Å²) >= 11 is 0. The van der Waals surface area contributed by atoms with E-state index in [1.807, 2.05) is 36.4 Å². The average molecular weight is 424 g/mol. The van der Waals surface area contributed by atoms with Crippen molar-refractivity contribution in [2.45, 2.75) is 51.0 Å². The van der Waals surface area contributed by atoms with E-state index in [2.05, 4.69) is 66.7 Å². The zero-order chi connectivity index (χ0) is 22.3. The molecule has 32 heavy (non-hydrogen) atoms. The average Bonchev–Trinajstić information content (AvgIpc) is 2.96. The van der Waals surface area contributed by atoms with Gasteiger partial charge in [0.1, 0.15) is 0 Å². The van der Waals surface area contributed by atoms with E-state index >= 15 is 0 Å². The summed E-state index contributed by atoms with van der Waals surface area (Å²) in [6.07, 6.45) is 3.10. The second-order valence-electron chi connectivity index (χ2n) is 9.80. The first-order chi connectivity index (χ1) is 15.4. The highest BCUT2D eigenvalue weighted by Gasteiger charge is 2.36. The van der Waals surface area contributed by atoms with Crippen LogP contribution in [0.3, 0.4) is 0 Å². The van der Waals surface area contributed by atoms with Crippen molar-refractivity contribution in [3.8, 4) is 0 Å². The number of rotatable bonds is 2. The number of fused-ring (bicyclic) bond motifs is 1. The molecule has 162 valence electrons. The van der Waals surface area contributed by atoms with E-state index in [9.17, 15) is 4.79 Å². The summed E-state index contributed by atoms with van der Waals surface area (Å²) in [5, 5.41) is 7.18. The summed E-state index contributed by atoms with van der Waals surface area (Å²) in [5.41, 5.74) is 7.29. The minimum Gasteiger partial charge on any atom is -0.371 e. The Hall–Kier alpha value is -3.40. The topological polar surface area (TPSA) is 54.0 Å². The van der Waals surface area contributed by atoms with E-state index in [-0.39, 0.29) is 23.2 Å². The Bertz CT molecular complexity index is 1170. The van der Waals surface area contributed by atoms with Crippen LogP contribution in [0.4, 0.5) is 11.4 Å². The molecule has 2 aromatic carbocycles. The third kappa shape index (κ3) is 3.81. The van der Waals surface area contributed by atoms with Crippen LogP contribution in [-0.4, -0.2) is 10.8 Å². The van der Waals surface area contributed by atoms with Crippen LogP contribution in [0.15, 0.2) is 84.2 Å². The second kappa shape index (κ2) is 7.94. The number of anilines is 2. The lowest BCUT2D eigenvalue weighted by Crippen LogP contribution is -2.27. The minimum atomic E-state index is -0.265. The van der Waals surface area contributed by atoms with Gasteiger partial charge in [-0.15, -0.1) is 0 Å². The number of ketones is 1. The van der Waals surface area contributed by atoms with Gasteiger partial charge in [0.05, 0.1) is 23.1 Å². The summed E-state index contributed by atoms with van der Waals surface area (Å²) in [6.45, 7) is 6.67. The number of aromatic nitrogens is 1. The molecule has 2 unspecified atom stereocenters. The zero-order valence-corrected chi connectivity index (χ0v) is 18.9. The van der Waals surface area contributed by atoms with E-state index in [4.69, 9.17) is 0 Å². The molecule has 5 rings (SSSR count). The van der Waals surface area contributed by atoms with Crippen LogP contribution in [0, 0.1) is 0 Å². The highest BCUT2D eigenvalue weighted by molar-refractivity contribution is 6.01. The number of pyridine rings is 1. The SMILES string of the molecule is CC(C)(C)c1ccc(C2CC(=O)C3=C(C2)Nc2ccccc2NC3c2ccccn2)cc1. The Morgan fingerprint density at radius 1 is 0.875 bits per heavy atom. The van der Waals surface area contributed by atoms with E-state index in [0.717, 1.165) is 34.8 Å².